The monoisotopic (exact) mass is 681 g/mol. The van der Waals surface area contributed by atoms with Gasteiger partial charge in [-0.15, -0.1) is 0 Å². The summed E-state index contributed by atoms with van der Waals surface area (Å²) < 4.78 is 72.6. The molecule has 10 nitrogen and oxygen atoms in total. The predicted molar refractivity (Wildman–Crippen MR) is 179 cm³/mol. The minimum Gasteiger partial charge on any atom is -0.371 e. The van der Waals surface area contributed by atoms with Gasteiger partial charge in [0.15, 0.2) is 5.82 Å². The Kier molecular flexibility index (Phi) is 9.16. The number of pyridine rings is 1. The molecular formula is C34H38F3N7O3S. The molecule has 3 aliphatic heterocycles. The first kappa shape index (κ1) is 32.6. The highest BCUT2D eigenvalue weighted by Gasteiger charge is 2.33. The summed E-state index contributed by atoms with van der Waals surface area (Å²) in [5.41, 5.74) is 1.54. The predicted octanol–water partition coefficient (Wildman–Crippen LogP) is 4.70. The van der Waals surface area contributed by atoms with Crippen LogP contribution in [0.25, 0.3) is 22.2 Å². The quantitative estimate of drug-likeness (QED) is 0.231. The normalized spacial score (nSPS) is 20.3. The van der Waals surface area contributed by atoms with Gasteiger partial charge in [0.1, 0.15) is 17.6 Å². The van der Waals surface area contributed by atoms with E-state index >= 15 is 4.39 Å². The van der Waals surface area contributed by atoms with Crippen molar-refractivity contribution in [1.29, 1.82) is 0 Å². The van der Waals surface area contributed by atoms with E-state index in [4.69, 9.17) is 0 Å². The number of hydrogen-bond acceptors (Lipinski definition) is 7. The molecule has 14 heteroatoms. The van der Waals surface area contributed by atoms with Gasteiger partial charge >= 0.3 is 10.2 Å². The summed E-state index contributed by atoms with van der Waals surface area (Å²) in [4.78, 5) is 26.0. The van der Waals surface area contributed by atoms with Gasteiger partial charge in [-0.3, -0.25) is 14.4 Å². The van der Waals surface area contributed by atoms with Crippen LogP contribution in [0, 0.1) is 11.6 Å². The lowest BCUT2D eigenvalue weighted by atomic mass is 9.99. The van der Waals surface area contributed by atoms with Crippen LogP contribution >= 0.6 is 0 Å². The Morgan fingerprint density at radius 2 is 1.73 bits per heavy atom. The number of rotatable bonds is 8. The number of nitrogens with zero attached hydrogens (tertiary/aromatic N) is 4. The highest BCUT2D eigenvalue weighted by Crippen LogP contribution is 2.32. The van der Waals surface area contributed by atoms with Crippen molar-refractivity contribution >= 4 is 38.4 Å². The number of piperidine rings is 1. The van der Waals surface area contributed by atoms with Crippen LogP contribution in [0.15, 0.2) is 54.9 Å². The van der Waals surface area contributed by atoms with Gasteiger partial charge in [-0.25, -0.2) is 18.2 Å². The summed E-state index contributed by atoms with van der Waals surface area (Å²) in [6.45, 7) is 5.93. The number of carbonyl (C=O) groups excluding carboxylic acids is 1. The molecule has 5 heterocycles. The van der Waals surface area contributed by atoms with Crippen molar-refractivity contribution in [1.82, 2.24) is 24.5 Å². The maximum absolute atomic E-state index is 15.6. The smallest absolute Gasteiger partial charge is 0.301 e. The lowest BCUT2D eigenvalue weighted by Crippen LogP contribution is -2.46. The highest BCUT2D eigenvalue weighted by molar-refractivity contribution is 7.90. The Bertz CT molecular complexity index is 1910. The zero-order valence-electron chi connectivity index (χ0n) is 26.4. The molecule has 0 spiro atoms. The molecule has 0 unspecified atom stereocenters. The van der Waals surface area contributed by atoms with Gasteiger partial charge in [0, 0.05) is 79.9 Å². The number of nitrogens with one attached hydrogen (secondary N) is 3. The molecule has 2 aromatic heterocycles. The van der Waals surface area contributed by atoms with Crippen LogP contribution in [0.1, 0.15) is 41.6 Å². The molecule has 0 radical (unpaired) electrons. The van der Waals surface area contributed by atoms with Gasteiger partial charge in [0.05, 0.1) is 11.3 Å². The Morgan fingerprint density at radius 1 is 0.938 bits per heavy atom. The van der Waals surface area contributed by atoms with Gasteiger partial charge in [-0.2, -0.15) is 12.7 Å². The average Bonchev–Trinajstić information content (AvgIpc) is 3.63. The second-order valence-corrected chi connectivity index (χ2v) is 14.4. The molecule has 254 valence electrons. The maximum Gasteiger partial charge on any atom is 0.301 e. The molecular weight excluding hydrogens is 643 g/mol. The zero-order chi connectivity index (χ0) is 33.4. The lowest BCUT2D eigenvalue weighted by Gasteiger charge is -2.39. The van der Waals surface area contributed by atoms with Gasteiger partial charge in [-0.1, -0.05) is 12.1 Å². The Morgan fingerprint density at radius 3 is 2.48 bits per heavy atom. The number of H-pyrrole nitrogens is 1. The minimum absolute atomic E-state index is 0.0170. The van der Waals surface area contributed by atoms with Crippen molar-refractivity contribution in [3.63, 3.8) is 0 Å². The van der Waals surface area contributed by atoms with E-state index in [1.54, 1.807) is 12.3 Å². The van der Waals surface area contributed by atoms with Crippen molar-refractivity contribution in [2.75, 3.05) is 62.0 Å². The number of alkyl halides is 1. The Balaban J connectivity index is 1.08. The van der Waals surface area contributed by atoms with Crippen LogP contribution in [-0.4, -0.2) is 97.9 Å². The molecule has 0 bridgehead atoms. The number of hydrogen-bond donors (Lipinski definition) is 3. The number of aromatic nitrogens is 2. The van der Waals surface area contributed by atoms with Gasteiger partial charge in [0.2, 0.25) is 5.78 Å². The third kappa shape index (κ3) is 6.53. The molecule has 48 heavy (non-hydrogen) atoms. The van der Waals surface area contributed by atoms with Gasteiger partial charge < -0.3 is 15.2 Å². The fourth-order valence-corrected chi connectivity index (χ4v) is 8.29. The van der Waals surface area contributed by atoms with E-state index < -0.39 is 45.0 Å². The number of carbonyl (C=O) groups is 1. The number of benzene rings is 2. The molecule has 3 saturated heterocycles. The van der Waals surface area contributed by atoms with Crippen molar-refractivity contribution in [2.45, 2.75) is 37.9 Å². The summed E-state index contributed by atoms with van der Waals surface area (Å²) in [5, 5.41) is 3.84. The zero-order valence-corrected chi connectivity index (χ0v) is 27.2. The van der Waals surface area contributed by atoms with Crippen molar-refractivity contribution in [2.24, 2.45) is 0 Å². The fraction of sp³-hybridized carbons (Fsp3) is 0.412. The highest BCUT2D eigenvalue weighted by atomic mass is 32.2. The standard InChI is InChI=1S/C34H38F3N7O3S/c35-24-8-16-44(21-24)48(46,47)41-30-7-6-29(36)31(32(30)37)33(45)28-20-40-34-27(28)18-23(19-39-34)22-2-4-25(5-3-22)43-14-9-26(10-15-43)42-13-1-11-38-12-17-42/h2-7,18-20,24,26,38,41H,1,8-17,21H2,(H,39,40)/t24-/m1/s1. The minimum atomic E-state index is -4.32. The maximum atomic E-state index is 15.6. The first-order chi connectivity index (χ1) is 23.2. The summed E-state index contributed by atoms with van der Waals surface area (Å²) in [6.07, 6.45) is 5.13. The molecule has 0 aliphatic carbocycles. The summed E-state index contributed by atoms with van der Waals surface area (Å²) in [6, 6.07) is 12.2. The summed E-state index contributed by atoms with van der Waals surface area (Å²) in [7, 11) is -4.32. The van der Waals surface area contributed by atoms with E-state index in [1.165, 1.54) is 12.6 Å². The van der Waals surface area contributed by atoms with E-state index in [1.807, 2.05) is 16.9 Å². The fourth-order valence-electron chi connectivity index (χ4n) is 7.02. The van der Waals surface area contributed by atoms with E-state index in [-0.39, 0.29) is 25.1 Å². The largest absolute Gasteiger partial charge is 0.371 e. The molecule has 0 amide bonds. The Hall–Kier alpha value is -3.98. The van der Waals surface area contributed by atoms with Crippen LogP contribution in [0.4, 0.5) is 24.5 Å². The summed E-state index contributed by atoms with van der Waals surface area (Å²) >= 11 is 0. The number of aromatic amines is 1. The number of ketones is 1. The van der Waals surface area contributed by atoms with Crippen LogP contribution in [0.5, 0.6) is 0 Å². The molecule has 3 fully saturated rings. The van der Waals surface area contributed by atoms with Gasteiger partial charge in [0.25, 0.3) is 0 Å². The molecule has 2 aromatic carbocycles. The van der Waals surface area contributed by atoms with E-state index in [0.29, 0.717) is 17.1 Å². The first-order valence-corrected chi connectivity index (χ1v) is 17.8. The molecule has 3 aliphatic rings. The third-order valence-electron chi connectivity index (χ3n) is 9.69. The first-order valence-electron chi connectivity index (χ1n) is 16.4. The van der Waals surface area contributed by atoms with Crippen LogP contribution in [0.3, 0.4) is 0 Å². The third-order valence-corrected chi connectivity index (χ3v) is 11.2. The molecule has 3 N–H and O–H groups in total. The van der Waals surface area contributed by atoms with Crippen LogP contribution < -0.4 is 14.9 Å². The number of halogens is 3. The van der Waals surface area contributed by atoms with Crippen molar-refractivity contribution < 1.29 is 26.4 Å². The van der Waals surface area contributed by atoms with Crippen molar-refractivity contribution in [3.8, 4) is 11.1 Å². The number of fused-ring (bicyclic) bond motifs is 1. The second kappa shape index (κ2) is 13.5. The second-order valence-electron chi connectivity index (χ2n) is 12.7. The van der Waals surface area contributed by atoms with E-state index in [9.17, 15) is 22.0 Å². The SMILES string of the molecule is O=C(c1c(F)ccc(NS(=O)(=O)N2CC[C@@H](F)C2)c1F)c1c[nH]c2ncc(-c3ccc(N4CCC(N5CCCNCC5)CC4)cc3)cc12. The van der Waals surface area contributed by atoms with E-state index in [2.05, 4.69) is 37.2 Å². The van der Waals surface area contributed by atoms with E-state index in [0.717, 1.165) is 85.4 Å². The van der Waals surface area contributed by atoms with Crippen molar-refractivity contribution in [3.05, 3.63) is 77.6 Å². The lowest BCUT2D eigenvalue weighted by molar-refractivity contribution is 0.103. The Labute approximate surface area is 277 Å². The summed E-state index contributed by atoms with van der Waals surface area (Å²) in [5.74, 6) is -3.48. The average molecular weight is 682 g/mol. The van der Waals surface area contributed by atoms with Gasteiger partial charge in [-0.05, 0) is 74.7 Å². The van der Waals surface area contributed by atoms with Crippen LogP contribution in [0.2, 0.25) is 0 Å². The topological polar surface area (TPSA) is 114 Å². The molecule has 7 rings (SSSR count). The number of anilines is 2. The molecule has 0 saturated carbocycles. The van der Waals surface area contributed by atoms with Crippen LogP contribution in [-0.2, 0) is 10.2 Å². The molecule has 4 aromatic rings. The molecule has 1 atom stereocenters.